The minimum atomic E-state index is -4.39. The third-order valence-electron chi connectivity index (χ3n) is 5.52. The number of hydrogen-bond donors (Lipinski definition) is 1. The van der Waals surface area contributed by atoms with Crippen LogP contribution in [0, 0.1) is 19.3 Å². The van der Waals surface area contributed by atoms with Gasteiger partial charge in [-0.15, -0.1) is 13.0 Å². The number of rotatable bonds is 6. The van der Waals surface area contributed by atoms with Crippen molar-refractivity contribution in [2.75, 3.05) is 13.6 Å². The quantitative estimate of drug-likeness (QED) is 0.523. The summed E-state index contributed by atoms with van der Waals surface area (Å²) in [5.74, 6) is 2.85. The Labute approximate surface area is 191 Å². The normalized spacial score (nSPS) is 19.1. The molecule has 0 saturated carbocycles. The molecule has 1 atom stereocenters. The molecule has 1 N–H and O–H groups in total. The lowest BCUT2D eigenvalue weighted by molar-refractivity contribution is -0.137. The van der Waals surface area contributed by atoms with Crippen LogP contribution < -0.4 is 5.32 Å². The number of aromatic nitrogens is 2. The van der Waals surface area contributed by atoms with Gasteiger partial charge in [0.25, 0.3) is 5.91 Å². The standard InChI is InChI=1S/C25H25F3N4O/c1-5-15-32(4)23(33)24(6-2)14-13-20(31-24)11-12-22-29-17(3)16-21(30-22)18-7-9-19(10-8-18)25(26,27)28/h1,6-11,16,31H,2,12-15H2,3-4H3/b20-11+/t24-/m0/s1. The van der Waals surface area contributed by atoms with E-state index in [0.717, 1.165) is 17.8 Å². The molecule has 5 nitrogen and oxygen atoms in total. The van der Waals surface area contributed by atoms with Crippen LogP contribution in [0.15, 0.2) is 54.8 Å². The topological polar surface area (TPSA) is 58.1 Å². The van der Waals surface area contributed by atoms with Crippen molar-refractivity contribution in [3.8, 4) is 23.6 Å². The Morgan fingerprint density at radius 3 is 2.64 bits per heavy atom. The molecule has 172 valence electrons. The maximum Gasteiger partial charge on any atom is 0.416 e. The SMILES string of the molecule is C#CCN(C)C(=O)[C@]1(C=C)CC/C(=C\Cc2nc(C)cc(-c3ccc(C(F)(F)F)cc3)n2)N1. The van der Waals surface area contributed by atoms with Crippen molar-refractivity contribution >= 4 is 5.91 Å². The molecule has 33 heavy (non-hydrogen) atoms. The summed E-state index contributed by atoms with van der Waals surface area (Å²) in [4.78, 5) is 23.3. The Morgan fingerprint density at radius 1 is 1.33 bits per heavy atom. The first-order valence-electron chi connectivity index (χ1n) is 10.4. The number of aryl methyl sites for hydroxylation is 1. The minimum absolute atomic E-state index is 0.143. The molecule has 1 fully saturated rings. The molecule has 1 aromatic heterocycles. The molecule has 1 aliphatic rings. The molecule has 1 amide bonds. The van der Waals surface area contributed by atoms with Crippen molar-refractivity contribution < 1.29 is 18.0 Å². The Morgan fingerprint density at radius 2 is 2.03 bits per heavy atom. The number of carbonyl (C=O) groups is 1. The molecule has 0 unspecified atom stereocenters. The van der Waals surface area contributed by atoms with Gasteiger partial charge in [0.1, 0.15) is 11.4 Å². The number of alkyl halides is 3. The van der Waals surface area contributed by atoms with Crippen LogP contribution in [0.5, 0.6) is 0 Å². The van der Waals surface area contributed by atoms with Crippen LogP contribution in [0.1, 0.15) is 29.9 Å². The summed E-state index contributed by atoms with van der Waals surface area (Å²) in [6, 6.07) is 6.62. The van der Waals surface area contributed by atoms with Gasteiger partial charge in [0.2, 0.25) is 0 Å². The van der Waals surface area contributed by atoms with Crippen LogP contribution in [0.3, 0.4) is 0 Å². The van der Waals surface area contributed by atoms with Gasteiger partial charge in [-0.2, -0.15) is 13.2 Å². The maximum atomic E-state index is 12.8. The fraction of sp³-hybridized carbons (Fsp3) is 0.320. The van der Waals surface area contributed by atoms with E-state index in [-0.39, 0.29) is 12.5 Å². The monoisotopic (exact) mass is 454 g/mol. The lowest BCUT2D eigenvalue weighted by atomic mass is 9.96. The highest BCUT2D eigenvalue weighted by Gasteiger charge is 2.41. The van der Waals surface area contributed by atoms with E-state index in [4.69, 9.17) is 6.42 Å². The average molecular weight is 454 g/mol. The number of hydrogen-bond acceptors (Lipinski definition) is 4. The van der Waals surface area contributed by atoms with Gasteiger partial charge < -0.3 is 10.2 Å². The zero-order valence-corrected chi connectivity index (χ0v) is 18.5. The Bertz CT molecular complexity index is 1120. The number of nitrogens with one attached hydrogen (secondary N) is 1. The first-order chi connectivity index (χ1) is 15.6. The first kappa shape index (κ1) is 24.1. The van der Waals surface area contributed by atoms with Gasteiger partial charge in [-0.05, 0) is 38.0 Å². The molecule has 0 radical (unpaired) electrons. The number of carbonyl (C=O) groups excluding carboxylic acids is 1. The second-order valence-electron chi connectivity index (χ2n) is 7.99. The summed E-state index contributed by atoms with van der Waals surface area (Å²) in [6.45, 7) is 5.84. The highest BCUT2D eigenvalue weighted by molar-refractivity contribution is 5.89. The average Bonchev–Trinajstić information content (AvgIpc) is 3.21. The van der Waals surface area contributed by atoms with Crippen LogP contribution in [-0.4, -0.2) is 39.9 Å². The van der Waals surface area contributed by atoms with E-state index in [1.54, 1.807) is 19.2 Å². The summed E-state index contributed by atoms with van der Waals surface area (Å²) >= 11 is 0. The molecule has 0 aliphatic carbocycles. The van der Waals surface area contributed by atoms with E-state index in [9.17, 15) is 18.0 Å². The van der Waals surface area contributed by atoms with Crippen LogP contribution >= 0.6 is 0 Å². The third-order valence-corrected chi connectivity index (χ3v) is 5.52. The van der Waals surface area contributed by atoms with Crippen molar-refractivity contribution in [2.45, 2.75) is 37.9 Å². The molecular weight excluding hydrogens is 429 g/mol. The number of halogens is 3. The largest absolute Gasteiger partial charge is 0.416 e. The molecule has 1 saturated heterocycles. The number of terminal acetylenes is 1. The summed E-state index contributed by atoms with van der Waals surface area (Å²) < 4.78 is 38.5. The number of amides is 1. The van der Waals surface area contributed by atoms with Gasteiger partial charge in [-0.25, -0.2) is 9.97 Å². The van der Waals surface area contributed by atoms with Gasteiger partial charge in [-0.3, -0.25) is 4.79 Å². The maximum absolute atomic E-state index is 12.8. The Balaban J connectivity index is 1.77. The zero-order chi connectivity index (χ0) is 24.2. The third kappa shape index (κ3) is 5.43. The van der Waals surface area contributed by atoms with Crippen molar-refractivity contribution in [2.24, 2.45) is 0 Å². The Hall–Kier alpha value is -3.60. The van der Waals surface area contributed by atoms with Gasteiger partial charge in [-0.1, -0.05) is 30.2 Å². The molecule has 1 aliphatic heterocycles. The summed E-state index contributed by atoms with van der Waals surface area (Å²) in [5, 5.41) is 3.27. The van der Waals surface area contributed by atoms with Gasteiger partial charge in [0.15, 0.2) is 0 Å². The highest BCUT2D eigenvalue weighted by Crippen LogP contribution is 2.31. The number of nitrogens with zero attached hydrogens (tertiary/aromatic N) is 3. The molecule has 3 rings (SSSR count). The van der Waals surface area contributed by atoms with E-state index >= 15 is 0 Å². The van der Waals surface area contributed by atoms with Gasteiger partial charge in [0, 0.05) is 30.4 Å². The summed E-state index contributed by atoms with van der Waals surface area (Å²) in [5.41, 5.74) is 1.10. The Kier molecular flexibility index (Phi) is 6.92. The lowest BCUT2D eigenvalue weighted by Gasteiger charge is -2.29. The predicted molar refractivity (Wildman–Crippen MR) is 121 cm³/mol. The van der Waals surface area contributed by atoms with Gasteiger partial charge in [0.05, 0.1) is 17.8 Å². The number of benzene rings is 1. The molecule has 0 spiro atoms. The zero-order valence-electron chi connectivity index (χ0n) is 18.5. The summed E-state index contributed by atoms with van der Waals surface area (Å²) in [7, 11) is 1.65. The van der Waals surface area contributed by atoms with E-state index in [0.29, 0.717) is 42.0 Å². The first-order valence-corrected chi connectivity index (χ1v) is 10.4. The van der Waals surface area contributed by atoms with Gasteiger partial charge >= 0.3 is 6.18 Å². The lowest BCUT2D eigenvalue weighted by Crippen LogP contribution is -2.52. The fourth-order valence-electron chi connectivity index (χ4n) is 3.76. The van der Waals surface area contributed by atoms with Crippen molar-refractivity contribution in [3.63, 3.8) is 0 Å². The van der Waals surface area contributed by atoms with E-state index in [1.807, 2.05) is 13.0 Å². The molecule has 0 bridgehead atoms. The second kappa shape index (κ2) is 9.49. The second-order valence-corrected chi connectivity index (χ2v) is 7.99. The minimum Gasteiger partial charge on any atom is -0.372 e. The van der Waals surface area contributed by atoms with E-state index in [2.05, 4.69) is 27.8 Å². The van der Waals surface area contributed by atoms with Crippen molar-refractivity contribution in [1.29, 1.82) is 0 Å². The number of allylic oxidation sites excluding steroid dienone is 2. The summed E-state index contributed by atoms with van der Waals surface area (Å²) in [6.07, 6.45) is 6.07. The number of likely N-dealkylation sites (N-methyl/N-ethyl adjacent to an activating group) is 1. The van der Waals surface area contributed by atoms with Crippen molar-refractivity contribution in [1.82, 2.24) is 20.2 Å². The molecule has 2 aromatic rings. The van der Waals surface area contributed by atoms with Crippen LogP contribution in [0.2, 0.25) is 0 Å². The molecule has 1 aromatic carbocycles. The highest BCUT2D eigenvalue weighted by atomic mass is 19.4. The predicted octanol–water partition coefficient (Wildman–Crippen LogP) is 4.30. The van der Waals surface area contributed by atoms with Crippen LogP contribution in [-0.2, 0) is 17.4 Å². The smallest absolute Gasteiger partial charge is 0.372 e. The molecule has 8 heteroatoms. The van der Waals surface area contributed by atoms with Crippen LogP contribution in [0.4, 0.5) is 13.2 Å². The fourth-order valence-corrected chi connectivity index (χ4v) is 3.76. The van der Waals surface area contributed by atoms with E-state index < -0.39 is 17.3 Å². The van der Waals surface area contributed by atoms with E-state index in [1.165, 1.54) is 17.0 Å². The molecular formula is C25H25F3N4O. The van der Waals surface area contributed by atoms with Crippen molar-refractivity contribution in [3.05, 3.63) is 71.8 Å². The molecule has 2 heterocycles. The van der Waals surface area contributed by atoms with Crippen LogP contribution in [0.25, 0.3) is 11.3 Å².